The molecule has 1 aliphatic heterocycles. The Balaban J connectivity index is 1.52. The number of hydrogen-bond acceptors (Lipinski definition) is 3. The molecular weight excluding hydrogens is 314 g/mol. The molecule has 0 spiro atoms. The molecule has 0 radical (unpaired) electrons. The zero-order chi connectivity index (χ0) is 16.9. The van der Waals surface area contributed by atoms with Gasteiger partial charge in [-0.2, -0.15) is 0 Å². The van der Waals surface area contributed by atoms with Crippen LogP contribution in [0.25, 0.3) is 11.4 Å². The average molecular weight is 334 g/mol. The molecule has 0 unspecified atom stereocenters. The molecule has 5 nitrogen and oxygen atoms in total. The maximum absolute atomic E-state index is 12.4. The second-order valence-electron chi connectivity index (χ2n) is 5.97. The Bertz CT molecular complexity index is 650. The summed E-state index contributed by atoms with van der Waals surface area (Å²) >= 11 is 0. The molecule has 3 rings (SSSR count). The van der Waals surface area contributed by atoms with Gasteiger partial charge < -0.3 is 10.3 Å². The molecule has 7 heteroatoms. The van der Waals surface area contributed by atoms with Gasteiger partial charge in [0.15, 0.2) is 0 Å². The maximum atomic E-state index is 12.4. The minimum absolute atomic E-state index is 0.0440. The van der Waals surface area contributed by atoms with E-state index in [1.807, 2.05) is 24.3 Å². The van der Waals surface area contributed by atoms with Gasteiger partial charge in [-0.1, -0.05) is 0 Å². The average Bonchev–Trinajstić information content (AvgIpc) is 3.10. The third kappa shape index (κ3) is 4.17. The van der Waals surface area contributed by atoms with Gasteiger partial charge in [-0.15, -0.1) is 0 Å². The van der Waals surface area contributed by atoms with Gasteiger partial charge in [0.05, 0.1) is 6.54 Å². The van der Waals surface area contributed by atoms with Crippen LogP contribution in [0.5, 0.6) is 0 Å². The molecule has 1 aromatic carbocycles. The standard InChI is InChI=1S/C17H20F2N4O/c18-15(19)11-23-9-5-13(6-10-23)17(24)22-14-3-1-12(2-4-14)16-20-7-8-21-16/h1-4,7-8,13,15H,5-6,9-11H2,(H,20,21)(H,22,24). The van der Waals surface area contributed by atoms with E-state index in [-0.39, 0.29) is 18.4 Å². The first-order valence-corrected chi connectivity index (χ1v) is 8.03. The van der Waals surface area contributed by atoms with Crippen molar-refractivity contribution in [1.29, 1.82) is 0 Å². The zero-order valence-corrected chi connectivity index (χ0v) is 13.2. The molecule has 2 N–H and O–H groups in total. The summed E-state index contributed by atoms with van der Waals surface area (Å²) in [6, 6.07) is 7.45. The fourth-order valence-corrected chi connectivity index (χ4v) is 2.95. The maximum Gasteiger partial charge on any atom is 0.251 e. The summed E-state index contributed by atoms with van der Waals surface area (Å²) in [7, 11) is 0. The fourth-order valence-electron chi connectivity index (χ4n) is 2.95. The summed E-state index contributed by atoms with van der Waals surface area (Å²) in [5.74, 6) is 0.611. The number of nitrogens with one attached hydrogen (secondary N) is 2. The van der Waals surface area contributed by atoms with Gasteiger partial charge in [-0.05, 0) is 50.2 Å². The van der Waals surface area contributed by atoms with E-state index in [1.54, 1.807) is 17.3 Å². The summed E-state index contributed by atoms with van der Waals surface area (Å²) in [6.07, 6.45) is 2.35. The predicted molar refractivity (Wildman–Crippen MR) is 87.8 cm³/mol. The van der Waals surface area contributed by atoms with Crippen molar-refractivity contribution in [2.75, 3.05) is 25.0 Å². The number of piperidine rings is 1. The van der Waals surface area contributed by atoms with Crippen molar-refractivity contribution in [3.05, 3.63) is 36.7 Å². The van der Waals surface area contributed by atoms with E-state index in [2.05, 4.69) is 15.3 Å². The third-order valence-electron chi connectivity index (χ3n) is 4.28. The first-order valence-electron chi connectivity index (χ1n) is 8.03. The molecule has 24 heavy (non-hydrogen) atoms. The molecule has 0 atom stereocenters. The van der Waals surface area contributed by atoms with Crippen LogP contribution in [-0.4, -0.2) is 46.8 Å². The zero-order valence-electron chi connectivity index (χ0n) is 13.2. The van der Waals surface area contributed by atoms with Crippen LogP contribution in [0.15, 0.2) is 36.7 Å². The summed E-state index contributed by atoms with van der Waals surface area (Å²) in [5.41, 5.74) is 1.67. The Kier molecular flexibility index (Phi) is 5.20. The summed E-state index contributed by atoms with van der Waals surface area (Å²) in [6.45, 7) is 0.877. The first kappa shape index (κ1) is 16.6. The monoisotopic (exact) mass is 334 g/mol. The molecule has 0 saturated carbocycles. The van der Waals surface area contributed by atoms with E-state index < -0.39 is 6.43 Å². The molecule has 1 amide bonds. The highest BCUT2D eigenvalue weighted by atomic mass is 19.3. The van der Waals surface area contributed by atoms with E-state index in [0.29, 0.717) is 25.9 Å². The lowest BCUT2D eigenvalue weighted by molar-refractivity contribution is -0.121. The number of aromatic amines is 1. The fraction of sp³-hybridized carbons (Fsp3) is 0.412. The van der Waals surface area contributed by atoms with Gasteiger partial charge in [0.1, 0.15) is 5.82 Å². The quantitative estimate of drug-likeness (QED) is 0.884. The Morgan fingerprint density at radius 2 is 2.00 bits per heavy atom. The summed E-state index contributed by atoms with van der Waals surface area (Å²) < 4.78 is 24.7. The number of H-pyrrole nitrogens is 1. The number of alkyl halides is 2. The molecule has 128 valence electrons. The Hall–Kier alpha value is -2.28. The van der Waals surface area contributed by atoms with Crippen LogP contribution < -0.4 is 5.32 Å². The summed E-state index contributed by atoms with van der Waals surface area (Å²) in [4.78, 5) is 21.2. The van der Waals surface area contributed by atoms with Gasteiger partial charge in [-0.25, -0.2) is 13.8 Å². The second kappa shape index (κ2) is 7.53. The van der Waals surface area contributed by atoms with Crippen molar-refractivity contribution in [3.63, 3.8) is 0 Å². The highest BCUT2D eigenvalue weighted by Gasteiger charge is 2.26. The van der Waals surface area contributed by atoms with Crippen LogP contribution in [0.1, 0.15) is 12.8 Å². The number of anilines is 1. The molecule has 2 heterocycles. The predicted octanol–water partition coefficient (Wildman–Crippen LogP) is 2.99. The molecular formula is C17H20F2N4O. The Labute approximate surface area is 139 Å². The minimum Gasteiger partial charge on any atom is -0.345 e. The number of rotatable bonds is 5. The molecule has 1 aliphatic rings. The number of imidazole rings is 1. The molecule has 2 aromatic rings. The lowest BCUT2D eigenvalue weighted by atomic mass is 9.96. The normalized spacial score (nSPS) is 16.5. The van der Waals surface area contributed by atoms with Crippen molar-refractivity contribution < 1.29 is 13.6 Å². The van der Waals surface area contributed by atoms with Crippen LogP contribution in [0.2, 0.25) is 0 Å². The van der Waals surface area contributed by atoms with E-state index in [9.17, 15) is 13.6 Å². The number of likely N-dealkylation sites (tertiary alicyclic amines) is 1. The SMILES string of the molecule is O=C(Nc1ccc(-c2ncc[nH]2)cc1)C1CCN(CC(F)F)CC1. The highest BCUT2D eigenvalue weighted by molar-refractivity contribution is 5.92. The van der Waals surface area contributed by atoms with Crippen molar-refractivity contribution in [2.24, 2.45) is 5.92 Å². The number of benzene rings is 1. The number of halogens is 2. The Morgan fingerprint density at radius 1 is 1.29 bits per heavy atom. The van der Waals surface area contributed by atoms with Crippen molar-refractivity contribution >= 4 is 11.6 Å². The molecule has 1 aromatic heterocycles. The number of hydrogen-bond donors (Lipinski definition) is 2. The van der Waals surface area contributed by atoms with Crippen LogP contribution in [0.3, 0.4) is 0 Å². The summed E-state index contributed by atoms with van der Waals surface area (Å²) in [5, 5.41) is 2.90. The van der Waals surface area contributed by atoms with Crippen molar-refractivity contribution in [3.8, 4) is 11.4 Å². The highest BCUT2D eigenvalue weighted by Crippen LogP contribution is 2.22. The van der Waals surface area contributed by atoms with Gasteiger partial charge in [0, 0.05) is 29.6 Å². The van der Waals surface area contributed by atoms with Gasteiger partial charge in [-0.3, -0.25) is 9.69 Å². The molecule has 0 aliphatic carbocycles. The number of aromatic nitrogens is 2. The topological polar surface area (TPSA) is 61.0 Å². The minimum atomic E-state index is -2.32. The van der Waals surface area contributed by atoms with Crippen LogP contribution >= 0.6 is 0 Å². The van der Waals surface area contributed by atoms with E-state index in [1.165, 1.54) is 0 Å². The van der Waals surface area contributed by atoms with Crippen LogP contribution in [0, 0.1) is 5.92 Å². The first-order chi connectivity index (χ1) is 11.6. The van der Waals surface area contributed by atoms with E-state index >= 15 is 0 Å². The largest absolute Gasteiger partial charge is 0.345 e. The number of amides is 1. The second-order valence-corrected chi connectivity index (χ2v) is 5.97. The number of carbonyl (C=O) groups is 1. The van der Waals surface area contributed by atoms with E-state index in [0.717, 1.165) is 17.1 Å². The van der Waals surface area contributed by atoms with Gasteiger partial charge in [0.2, 0.25) is 5.91 Å². The van der Waals surface area contributed by atoms with Gasteiger partial charge >= 0.3 is 0 Å². The van der Waals surface area contributed by atoms with E-state index in [4.69, 9.17) is 0 Å². The third-order valence-corrected chi connectivity index (χ3v) is 4.28. The lowest BCUT2D eigenvalue weighted by Gasteiger charge is -2.30. The molecule has 1 saturated heterocycles. The van der Waals surface area contributed by atoms with Gasteiger partial charge in [0.25, 0.3) is 6.43 Å². The number of carbonyl (C=O) groups excluding carboxylic acids is 1. The van der Waals surface area contributed by atoms with Crippen LogP contribution in [0.4, 0.5) is 14.5 Å². The molecule has 1 fully saturated rings. The van der Waals surface area contributed by atoms with Crippen molar-refractivity contribution in [2.45, 2.75) is 19.3 Å². The van der Waals surface area contributed by atoms with Crippen molar-refractivity contribution in [1.82, 2.24) is 14.9 Å². The molecule has 0 bridgehead atoms. The Morgan fingerprint density at radius 3 is 2.58 bits per heavy atom. The smallest absolute Gasteiger partial charge is 0.251 e. The van der Waals surface area contributed by atoms with Crippen LogP contribution in [-0.2, 0) is 4.79 Å². The number of nitrogens with zero attached hydrogens (tertiary/aromatic N) is 2. The lowest BCUT2D eigenvalue weighted by Crippen LogP contribution is -2.40.